The summed E-state index contributed by atoms with van der Waals surface area (Å²) in [5.74, 6) is -1.46. The number of anilines is 1. The van der Waals surface area contributed by atoms with E-state index in [1.54, 1.807) is 24.4 Å². The lowest BCUT2D eigenvalue weighted by Crippen LogP contribution is -2.00. The first-order chi connectivity index (χ1) is 8.00. The zero-order valence-corrected chi connectivity index (χ0v) is 9.84. The van der Waals surface area contributed by atoms with Crippen molar-refractivity contribution < 1.29 is 14.3 Å². The van der Waals surface area contributed by atoms with Crippen molar-refractivity contribution in [2.75, 3.05) is 5.73 Å². The molecule has 2 aromatic rings. The summed E-state index contributed by atoms with van der Waals surface area (Å²) < 4.78 is 13.4. The van der Waals surface area contributed by atoms with E-state index >= 15 is 0 Å². The van der Waals surface area contributed by atoms with Crippen molar-refractivity contribution in [3.8, 4) is 11.1 Å². The van der Waals surface area contributed by atoms with Crippen molar-refractivity contribution in [3.05, 3.63) is 40.5 Å². The monoisotopic (exact) mass is 251 g/mol. The number of benzene rings is 1. The van der Waals surface area contributed by atoms with E-state index in [9.17, 15) is 9.18 Å². The Labute approximate surface area is 101 Å². The molecule has 3 N–H and O–H groups in total. The third-order valence-corrected chi connectivity index (χ3v) is 3.33. The molecular formula is C12H10FNO2S. The van der Waals surface area contributed by atoms with Crippen LogP contribution in [0.5, 0.6) is 0 Å². The van der Waals surface area contributed by atoms with Crippen LogP contribution in [-0.4, -0.2) is 11.1 Å². The normalized spacial score (nSPS) is 10.5. The molecule has 0 unspecified atom stereocenters. The van der Waals surface area contributed by atoms with Crippen molar-refractivity contribution in [2.45, 2.75) is 6.92 Å². The molecule has 0 fully saturated rings. The number of hydrogen-bond acceptors (Lipinski definition) is 3. The van der Waals surface area contributed by atoms with Crippen LogP contribution in [-0.2, 0) is 0 Å². The maximum absolute atomic E-state index is 13.4. The van der Waals surface area contributed by atoms with Gasteiger partial charge in [-0.15, -0.1) is 11.3 Å². The fraction of sp³-hybridized carbons (Fsp3) is 0.0833. The molecule has 0 aliphatic carbocycles. The Bertz CT molecular complexity index is 592. The summed E-state index contributed by atoms with van der Waals surface area (Å²) >= 11 is 1.14. The number of hydrogen-bond donors (Lipinski definition) is 2. The SMILES string of the molecule is Cc1ccc(-c2csc(N)c2C(=O)O)cc1F. The Balaban J connectivity index is 2.60. The fourth-order valence-electron chi connectivity index (χ4n) is 1.57. The second-order valence-corrected chi connectivity index (χ2v) is 4.57. The van der Waals surface area contributed by atoms with Gasteiger partial charge in [0.25, 0.3) is 0 Å². The van der Waals surface area contributed by atoms with Crippen LogP contribution in [0.25, 0.3) is 11.1 Å². The predicted octanol–water partition coefficient (Wildman–Crippen LogP) is 3.14. The molecule has 3 nitrogen and oxygen atoms in total. The lowest BCUT2D eigenvalue weighted by atomic mass is 10.0. The highest BCUT2D eigenvalue weighted by Gasteiger charge is 2.18. The number of thiophene rings is 1. The van der Waals surface area contributed by atoms with Gasteiger partial charge in [0.2, 0.25) is 0 Å². The summed E-state index contributed by atoms with van der Waals surface area (Å²) in [4.78, 5) is 11.1. The number of nitrogen functional groups attached to an aromatic ring is 1. The molecule has 0 atom stereocenters. The highest BCUT2D eigenvalue weighted by Crippen LogP contribution is 2.34. The summed E-state index contributed by atoms with van der Waals surface area (Å²) in [6.45, 7) is 1.65. The molecule has 1 aromatic carbocycles. The maximum Gasteiger partial charge on any atom is 0.339 e. The van der Waals surface area contributed by atoms with Crippen LogP contribution in [0.2, 0.25) is 0 Å². The predicted molar refractivity (Wildman–Crippen MR) is 65.8 cm³/mol. The van der Waals surface area contributed by atoms with Gasteiger partial charge in [-0.2, -0.15) is 0 Å². The Kier molecular flexibility index (Phi) is 2.85. The van der Waals surface area contributed by atoms with Crippen LogP contribution in [0.15, 0.2) is 23.6 Å². The summed E-state index contributed by atoms with van der Waals surface area (Å²) in [6.07, 6.45) is 0. The standard InChI is InChI=1S/C12H10FNO2S/c1-6-2-3-7(4-9(6)13)8-5-17-11(14)10(8)12(15)16/h2-5H,14H2,1H3,(H,15,16). The number of carbonyl (C=O) groups is 1. The lowest BCUT2D eigenvalue weighted by Gasteiger charge is -2.03. The van der Waals surface area contributed by atoms with E-state index < -0.39 is 5.97 Å². The van der Waals surface area contributed by atoms with Crippen molar-refractivity contribution >= 4 is 22.3 Å². The minimum atomic E-state index is -1.10. The van der Waals surface area contributed by atoms with Gasteiger partial charge in [-0.1, -0.05) is 12.1 Å². The van der Waals surface area contributed by atoms with Crippen molar-refractivity contribution in [2.24, 2.45) is 0 Å². The second-order valence-electron chi connectivity index (χ2n) is 3.66. The average molecular weight is 251 g/mol. The quantitative estimate of drug-likeness (QED) is 0.861. The Morgan fingerprint density at radius 3 is 2.76 bits per heavy atom. The van der Waals surface area contributed by atoms with Gasteiger partial charge in [0.1, 0.15) is 16.4 Å². The van der Waals surface area contributed by atoms with E-state index in [1.165, 1.54) is 6.07 Å². The second kappa shape index (κ2) is 4.18. The van der Waals surface area contributed by atoms with Gasteiger partial charge in [0, 0.05) is 10.9 Å². The Morgan fingerprint density at radius 1 is 1.47 bits per heavy atom. The molecule has 2 rings (SSSR count). The molecule has 0 radical (unpaired) electrons. The molecule has 0 spiro atoms. The van der Waals surface area contributed by atoms with Crippen LogP contribution in [0, 0.1) is 12.7 Å². The third-order valence-electron chi connectivity index (χ3n) is 2.52. The first-order valence-corrected chi connectivity index (χ1v) is 5.75. The number of aryl methyl sites for hydroxylation is 1. The molecule has 88 valence electrons. The maximum atomic E-state index is 13.4. The van der Waals surface area contributed by atoms with Gasteiger partial charge >= 0.3 is 5.97 Å². The summed E-state index contributed by atoms with van der Waals surface area (Å²) in [5.41, 5.74) is 7.14. The van der Waals surface area contributed by atoms with Gasteiger partial charge in [0.05, 0.1) is 0 Å². The highest BCUT2D eigenvalue weighted by molar-refractivity contribution is 7.14. The van der Waals surface area contributed by atoms with Crippen molar-refractivity contribution in [3.63, 3.8) is 0 Å². The molecule has 5 heteroatoms. The summed E-state index contributed by atoms with van der Waals surface area (Å²) in [5, 5.41) is 10.9. The molecule has 0 saturated heterocycles. The van der Waals surface area contributed by atoms with E-state index in [0.29, 0.717) is 16.7 Å². The third kappa shape index (κ3) is 2.01. The molecule has 0 amide bonds. The van der Waals surface area contributed by atoms with E-state index in [4.69, 9.17) is 10.8 Å². The van der Waals surface area contributed by atoms with Crippen LogP contribution >= 0.6 is 11.3 Å². The molecule has 0 aliphatic heterocycles. The van der Waals surface area contributed by atoms with Gasteiger partial charge in [-0.3, -0.25) is 0 Å². The minimum Gasteiger partial charge on any atom is -0.478 e. The number of halogens is 1. The fourth-order valence-corrected chi connectivity index (χ4v) is 2.38. The number of rotatable bonds is 2. The Morgan fingerprint density at radius 2 is 2.18 bits per heavy atom. The van der Waals surface area contributed by atoms with E-state index in [2.05, 4.69) is 0 Å². The van der Waals surface area contributed by atoms with Crippen molar-refractivity contribution in [1.82, 2.24) is 0 Å². The van der Waals surface area contributed by atoms with Crippen LogP contribution in [0.1, 0.15) is 15.9 Å². The summed E-state index contributed by atoms with van der Waals surface area (Å²) in [6, 6.07) is 4.62. The number of carboxylic acids is 1. The zero-order chi connectivity index (χ0) is 12.6. The number of nitrogens with two attached hydrogens (primary N) is 1. The van der Waals surface area contributed by atoms with Gasteiger partial charge < -0.3 is 10.8 Å². The first-order valence-electron chi connectivity index (χ1n) is 4.87. The van der Waals surface area contributed by atoms with Crippen molar-refractivity contribution in [1.29, 1.82) is 0 Å². The zero-order valence-electron chi connectivity index (χ0n) is 9.03. The van der Waals surface area contributed by atoms with E-state index in [-0.39, 0.29) is 16.4 Å². The summed E-state index contributed by atoms with van der Waals surface area (Å²) in [7, 11) is 0. The molecule has 1 aromatic heterocycles. The molecule has 1 heterocycles. The molecule has 0 aliphatic rings. The first kappa shape index (κ1) is 11.6. The van der Waals surface area contributed by atoms with E-state index in [0.717, 1.165) is 11.3 Å². The number of carboxylic acid groups (broad SMARTS) is 1. The molecule has 17 heavy (non-hydrogen) atoms. The molecular weight excluding hydrogens is 241 g/mol. The molecule has 0 bridgehead atoms. The van der Waals surface area contributed by atoms with Crippen LogP contribution in [0.4, 0.5) is 9.39 Å². The highest BCUT2D eigenvalue weighted by atomic mass is 32.1. The van der Waals surface area contributed by atoms with Gasteiger partial charge in [0.15, 0.2) is 0 Å². The smallest absolute Gasteiger partial charge is 0.339 e. The van der Waals surface area contributed by atoms with Crippen LogP contribution < -0.4 is 5.73 Å². The van der Waals surface area contributed by atoms with E-state index in [1.807, 2.05) is 0 Å². The van der Waals surface area contributed by atoms with Crippen LogP contribution in [0.3, 0.4) is 0 Å². The number of aromatic carboxylic acids is 1. The van der Waals surface area contributed by atoms with Gasteiger partial charge in [-0.25, -0.2) is 9.18 Å². The lowest BCUT2D eigenvalue weighted by molar-refractivity contribution is 0.0699. The topological polar surface area (TPSA) is 63.3 Å². The average Bonchev–Trinajstić information content (AvgIpc) is 2.64. The minimum absolute atomic E-state index is 0.0400. The van der Waals surface area contributed by atoms with Gasteiger partial charge in [-0.05, 0) is 24.1 Å². The largest absolute Gasteiger partial charge is 0.478 e. The Hall–Kier alpha value is -1.88. The molecule has 0 saturated carbocycles.